The summed E-state index contributed by atoms with van der Waals surface area (Å²) >= 11 is 0. The first-order valence-corrected chi connectivity index (χ1v) is 8.25. The minimum absolute atomic E-state index is 0.245. The van der Waals surface area contributed by atoms with Crippen molar-refractivity contribution in [3.8, 4) is 0 Å². The van der Waals surface area contributed by atoms with Crippen molar-refractivity contribution in [3.63, 3.8) is 0 Å². The van der Waals surface area contributed by atoms with Crippen molar-refractivity contribution in [1.29, 1.82) is 0 Å². The molecule has 0 aromatic carbocycles. The van der Waals surface area contributed by atoms with Crippen LogP contribution >= 0.6 is 0 Å². The molecular weight excluding hydrogens is 236 g/mol. The van der Waals surface area contributed by atoms with Gasteiger partial charge in [0.1, 0.15) is 0 Å². The lowest BCUT2D eigenvalue weighted by molar-refractivity contribution is 0.400. The topological polar surface area (TPSA) is 58.2 Å². The average molecular weight is 262 g/mol. The molecule has 1 rings (SSSR count). The summed E-state index contributed by atoms with van der Waals surface area (Å²) in [6.07, 6.45) is 3.94. The van der Waals surface area contributed by atoms with Crippen LogP contribution in [0.25, 0.3) is 0 Å². The summed E-state index contributed by atoms with van der Waals surface area (Å²) in [4.78, 5) is 0. The van der Waals surface area contributed by atoms with Gasteiger partial charge in [-0.2, -0.15) is 0 Å². The molecule has 5 heteroatoms. The first-order chi connectivity index (χ1) is 7.87. The van der Waals surface area contributed by atoms with E-state index in [9.17, 15) is 8.42 Å². The zero-order valence-electron chi connectivity index (χ0n) is 11.3. The molecule has 0 aromatic rings. The first kappa shape index (κ1) is 14.9. The van der Waals surface area contributed by atoms with E-state index in [0.29, 0.717) is 5.92 Å². The Bertz CT molecular complexity index is 321. The van der Waals surface area contributed by atoms with E-state index in [1.54, 1.807) is 0 Å². The Morgan fingerprint density at radius 2 is 1.88 bits per heavy atom. The van der Waals surface area contributed by atoms with E-state index >= 15 is 0 Å². The molecule has 0 heterocycles. The Labute approximate surface area is 106 Å². The molecule has 0 radical (unpaired) electrons. The second-order valence-electron chi connectivity index (χ2n) is 5.48. The predicted molar refractivity (Wildman–Crippen MR) is 71.5 cm³/mol. The van der Waals surface area contributed by atoms with Crippen LogP contribution in [0, 0.1) is 5.92 Å². The van der Waals surface area contributed by atoms with Crippen LogP contribution in [-0.2, 0) is 10.0 Å². The number of hydrogen-bond donors (Lipinski definition) is 2. The Morgan fingerprint density at radius 1 is 1.24 bits per heavy atom. The molecule has 1 aliphatic carbocycles. The maximum atomic E-state index is 11.9. The molecule has 17 heavy (non-hydrogen) atoms. The fourth-order valence-electron chi connectivity index (χ4n) is 2.06. The molecule has 0 unspecified atom stereocenters. The minimum Gasteiger partial charge on any atom is -0.317 e. The second kappa shape index (κ2) is 6.16. The highest BCUT2D eigenvalue weighted by molar-refractivity contribution is 7.89. The molecule has 1 aliphatic rings. The highest BCUT2D eigenvalue weighted by atomic mass is 32.2. The summed E-state index contributed by atoms with van der Waals surface area (Å²) in [5.41, 5.74) is -0.263. The lowest BCUT2D eigenvalue weighted by Crippen LogP contribution is -2.46. The molecule has 0 saturated heterocycles. The van der Waals surface area contributed by atoms with Crippen LogP contribution in [0.2, 0.25) is 0 Å². The molecule has 0 atom stereocenters. The molecule has 0 aromatic heterocycles. The molecule has 1 saturated carbocycles. The third-order valence-electron chi connectivity index (χ3n) is 3.28. The SMILES string of the molecule is CCNCCCCS(=O)(=O)NC(C)(C)C1CC1. The molecule has 4 nitrogen and oxygen atoms in total. The van der Waals surface area contributed by atoms with Gasteiger partial charge in [-0.1, -0.05) is 6.92 Å². The molecule has 0 aliphatic heterocycles. The van der Waals surface area contributed by atoms with Gasteiger partial charge in [0.25, 0.3) is 0 Å². The summed E-state index contributed by atoms with van der Waals surface area (Å²) in [6, 6.07) is 0. The summed E-state index contributed by atoms with van der Waals surface area (Å²) in [5, 5.41) is 3.20. The number of sulfonamides is 1. The van der Waals surface area contributed by atoms with Crippen molar-refractivity contribution in [2.24, 2.45) is 5.92 Å². The standard InChI is InChI=1S/C12H26N2O2S/c1-4-13-9-5-6-10-17(15,16)14-12(2,3)11-7-8-11/h11,13-14H,4-10H2,1-3H3. The second-order valence-corrected chi connectivity index (χ2v) is 7.32. The van der Waals surface area contributed by atoms with Crippen molar-refractivity contribution < 1.29 is 8.42 Å². The van der Waals surface area contributed by atoms with Gasteiger partial charge in [0.15, 0.2) is 0 Å². The third kappa shape index (κ3) is 5.84. The van der Waals surface area contributed by atoms with Crippen LogP contribution in [0.15, 0.2) is 0 Å². The van der Waals surface area contributed by atoms with E-state index in [-0.39, 0.29) is 11.3 Å². The first-order valence-electron chi connectivity index (χ1n) is 6.60. The Morgan fingerprint density at radius 3 is 2.41 bits per heavy atom. The lowest BCUT2D eigenvalue weighted by atomic mass is 10.0. The summed E-state index contributed by atoms with van der Waals surface area (Å²) in [6.45, 7) is 7.87. The van der Waals surface area contributed by atoms with E-state index in [0.717, 1.165) is 38.8 Å². The Kier molecular flexibility index (Phi) is 5.41. The fraction of sp³-hybridized carbons (Fsp3) is 1.00. The predicted octanol–water partition coefficient (Wildman–Crippen LogP) is 1.48. The van der Waals surface area contributed by atoms with Crippen molar-refractivity contribution in [3.05, 3.63) is 0 Å². The van der Waals surface area contributed by atoms with Gasteiger partial charge >= 0.3 is 0 Å². The maximum Gasteiger partial charge on any atom is 0.212 e. The lowest BCUT2D eigenvalue weighted by Gasteiger charge is -2.25. The van der Waals surface area contributed by atoms with Crippen LogP contribution in [0.4, 0.5) is 0 Å². The number of rotatable bonds is 9. The van der Waals surface area contributed by atoms with Crippen LogP contribution in [-0.4, -0.2) is 32.8 Å². The molecular formula is C12H26N2O2S. The molecule has 1 fully saturated rings. The van der Waals surface area contributed by atoms with Gasteiger partial charge in [-0.05, 0) is 58.5 Å². The van der Waals surface area contributed by atoms with Crippen LogP contribution < -0.4 is 10.0 Å². The van der Waals surface area contributed by atoms with Gasteiger partial charge in [-0.25, -0.2) is 13.1 Å². The van der Waals surface area contributed by atoms with Gasteiger partial charge in [-0.15, -0.1) is 0 Å². The van der Waals surface area contributed by atoms with Gasteiger partial charge in [0.2, 0.25) is 10.0 Å². The van der Waals surface area contributed by atoms with E-state index in [1.807, 2.05) is 13.8 Å². The monoisotopic (exact) mass is 262 g/mol. The quantitative estimate of drug-likeness (QED) is 0.619. The normalized spacial score (nSPS) is 17.4. The summed E-state index contributed by atoms with van der Waals surface area (Å²) < 4.78 is 26.6. The minimum atomic E-state index is -3.11. The van der Waals surface area contributed by atoms with Crippen molar-refractivity contribution in [2.45, 2.75) is 52.0 Å². The Hall–Kier alpha value is -0.130. The fourth-order valence-corrected chi connectivity index (χ4v) is 3.71. The maximum absolute atomic E-state index is 11.9. The van der Waals surface area contributed by atoms with Gasteiger partial charge in [0, 0.05) is 5.54 Å². The van der Waals surface area contributed by atoms with Gasteiger partial charge < -0.3 is 5.32 Å². The zero-order valence-corrected chi connectivity index (χ0v) is 12.1. The number of unbranched alkanes of at least 4 members (excludes halogenated alkanes) is 1. The molecule has 0 amide bonds. The smallest absolute Gasteiger partial charge is 0.212 e. The number of nitrogens with one attached hydrogen (secondary N) is 2. The zero-order chi connectivity index (χ0) is 12.9. The average Bonchev–Trinajstić information content (AvgIpc) is 2.98. The van der Waals surface area contributed by atoms with E-state index in [4.69, 9.17) is 0 Å². The van der Waals surface area contributed by atoms with E-state index < -0.39 is 10.0 Å². The van der Waals surface area contributed by atoms with Gasteiger partial charge in [0.05, 0.1) is 5.75 Å². The molecule has 102 valence electrons. The summed E-state index contributed by atoms with van der Waals surface area (Å²) in [7, 11) is -3.11. The van der Waals surface area contributed by atoms with Crippen molar-refractivity contribution >= 4 is 10.0 Å². The van der Waals surface area contributed by atoms with Crippen molar-refractivity contribution in [2.75, 3.05) is 18.8 Å². The van der Waals surface area contributed by atoms with E-state index in [1.165, 1.54) is 0 Å². The van der Waals surface area contributed by atoms with Crippen LogP contribution in [0.5, 0.6) is 0 Å². The summed E-state index contributed by atoms with van der Waals surface area (Å²) in [5.74, 6) is 0.771. The Balaban J connectivity index is 2.25. The third-order valence-corrected chi connectivity index (χ3v) is 4.95. The van der Waals surface area contributed by atoms with Crippen LogP contribution in [0.1, 0.15) is 46.5 Å². The van der Waals surface area contributed by atoms with Gasteiger partial charge in [-0.3, -0.25) is 0 Å². The van der Waals surface area contributed by atoms with Crippen LogP contribution in [0.3, 0.4) is 0 Å². The van der Waals surface area contributed by atoms with E-state index in [2.05, 4.69) is 17.0 Å². The highest BCUT2D eigenvalue weighted by Gasteiger charge is 2.40. The van der Waals surface area contributed by atoms with Crippen molar-refractivity contribution in [1.82, 2.24) is 10.0 Å². The highest BCUT2D eigenvalue weighted by Crippen LogP contribution is 2.39. The molecule has 2 N–H and O–H groups in total. The molecule has 0 bridgehead atoms. The molecule has 0 spiro atoms. The largest absolute Gasteiger partial charge is 0.317 e. The number of hydrogen-bond acceptors (Lipinski definition) is 3.